The number of rotatable bonds is 4. The molecule has 0 saturated heterocycles. The summed E-state index contributed by atoms with van der Waals surface area (Å²) in [6.45, 7) is 1.01. The molecular formula is C20H27NO2. The number of aryl methyl sites for hydroxylation is 1. The molecule has 0 radical (unpaired) electrons. The van der Waals surface area contributed by atoms with Crippen molar-refractivity contribution in [3.05, 3.63) is 34.9 Å². The number of nitrogens with one attached hydrogen (secondary N) is 1. The fourth-order valence-corrected chi connectivity index (χ4v) is 4.66. The van der Waals surface area contributed by atoms with Crippen molar-refractivity contribution >= 4 is 5.97 Å². The Morgan fingerprint density at radius 3 is 2.65 bits per heavy atom. The van der Waals surface area contributed by atoms with E-state index in [0.717, 1.165) is 18.4 Å². The van der Waals surface area contributed by atoms with Gasteiger partial charge in [0.15, 0.2) is 0 Å². The van der Waals surface area contributed by atoms with Crippen molar-refractivity contribution in [3.63, 3.8) is 0 Å². The Morgan fingerprint density at radius 1 is 1.17 bits per heavy atom. The molecule has 1 unspecified atom stereocenters. The van der Waals surface area contributed by atoms with Crippen LogP contribution in [0.15, 0.2) is 18.2 Å². The molecule has 0 aromatic heterocycles. The van der Waals surface area contributed by atoms with Gasteiger partial charge in [-0.15, -0.1) is 0 Å². The highest BCUT2D eigenvalue weighted by Gasteiger charge is 2.44. The van der Waals surface area contributed by atoms with Crippen molar-refractivity contribution in [3.8, 4) is 0 Å². The molecule has 3 heteroatoms. The van der Waals surface area contributed by atoms with Crippen LogP contribution in [0.4, 0.5) is 0 Å². The fourth-order valence-electron chi connectivity index (χ4n) is 4.66. The Bertz CT molecular complexity index is 596. The van der Waals surface area contributed by atoms with Gasteiger partial charge in [-0.05, 0) is 92.4 Å². The van der Waals surface area contributed by atoms with Gasteiger partial charge in [-0.3, -0.25) is 0 Å². The Morgan fingerprint density at radius 2 is 1.96 bits per heavy atom. The summed E-state index contributed by atoms with van der Waals surface area (Å²) >= 11 is 0. The highest BCUT2D eigenvalue weighted by Crippen LogP contribution is 2.56. The molecule has 1 aromatic carbocycles. The van der Waals surface area contributed by atoms with E-state index in [1.807, 2.05) is 12.1 Å². The second kappa shape index (κ2) is 5.94. The van der Waals surface area contributed by atoms with Crippen LogP contribution in [0.1, 0.15) is 78.8 Å². The van der Waals surface area contributed by atoms with Crippen LogP contribution >= 0.6 is 0 Å². The summed E-state index contributed by atoms with van der Waals surface area (Å²) in [5, 5.41) is 13.0. The normalized spacial score (nSPS) is 26.0. The van der Waals surface area contributed by atoms with E-state index in [0.29, 0.717) is 17.5 Å². The van der Waals surface area contributed by atoms with Crippen LogP contribution in [-0.4, -0.2) is 23.7 Å². The second-order valence-electron chi connectivity index (χ2n) is 7.99. The largest absolute Gasteiger partial charge is 0.478 e. The SMILES string of the molecule is O=C(O)c1ccc2c(c1)C(CNC1CCC3(CC1)CC3)CCC2. The Kier molecular flexibility index (Phi) is 3.92. The lowest BCUT2D eigenvalue weighted by molar-refractivity contribution is 0.0696. The maximum Gasteiger partial charge on any atom is 0.335 e. The molecule has 3 aliphatic carbocycles. The van der Waals surface area contributed by atoms with Gasteiger partial charge in [0, 0.05) is 12.6 Å². The predicted molar refractivity (Wildman–Crippen MR) is 91.0 cm³/mol. The average Bonchev–Trinajstić information content (AvgIpc) is 3.33. The first-order valence-electron chi connectivity index (χ1n) is 9.25. The third-order valence-corrected chi connectivity index (χ3v) is 6.49. The third-order valence-electron chi connectivity index (χ3n) is 6.49. The zero-order valence-electron chi connectivity index (χ0n) is 13.8. The lowest BCUT2D eigenvalue weighted by Gasteiger charge is -2.32. The summed E-state index contributed by atoms with van der Waals surface area (Å²) in [4.78, 5) is 11.2. The van der Waals surface area contributed by atoms with Gasteiger partial charge in [0.2, 0.25) is 0 Å². The minimum Gasteiger partial charge on any atom is -0.478 e. The van der Waals surface area contributed by atoms with Gasteiger partial charge in [-0.1, -0.05) is 6.07 Å². The number of carboxylic acids is 1. The highest BCUT2D eigenvalue weighted by atomic mass is 16.4. The molecule has 0 bridgehead atoms. The van der Waals surface area contributed by atoms with Gasteiger partial charge in [0.05, 0.1) is 5.56 Å². The summed E-state index contributed by atoms with van der Waals surface area (Å²) in [6, 6.07) is 6.38. The van der Waals surface area contributed by atoms with E-state index in [1.165, 1.54) is 62.5 Å². The molecule has 4 rings (SSSR count). The van der Waals surface area contributed by atoms with Crippen LogP contribution < -0.4 is 5.32 Å². The van der Waals surface area contributed by atoms with Crippen LogP contribution in [0.2, 0.25) is 0 Å². The maximum atomic E-state index is 11.2. The summed E-state index contributed by atoms with van der Waals surface area (Å²) in [5.74, 6) is -0.332. The van der Waals surface area contributed by atoms with Crippen LogP contribution in [0.25, 0.3) is 0 Å². The van der Waals surface area contributed by atoms with E-state index in [-0.39, 0.29) is 0 Å². The summed E-state index contributed by atoms with van der Waals surface area (Å²) in [5.41, 5.74) is 3.82. The number of hydrogen-bond acceptors (Lipinski definition) is 2. The number of carboxylic acid groups (broad SMARTS) is 1. The molecular weight excluding hydrogens is 286 g/mol. The van der Waals surface area contributed by atoms with Gasteiger partial charge in [0.1, 0.15) is 0 Å². The molecule has 3 aliphatic rings. The molecule has 124 valence electrons. The van der Waals surface area contributed by atoms with Gasteiger partial charge in [0.25, 0.3) is 0 Å². The number of carbonyl (C=O) groups is 1. The zero-order valence-corrected chi connectivity index (χ0v) is 13.8. The quantitative estimate of drug-likeness (QED) is 0.879. The van der Waals surface area contributed by atoms with Crippen molar-refractivity contribution in [2.45, 2.75) is 69.7 Å². The van der Waals surface area contributed by atoms with Crippen LogP contribution in [0.3, 0.4) is 0 Å². The molecule has 1 aromatic rings. The first-order valence-corrected chi connectivity index (χ1v) is 9.25. The molecule has 1 spiro atoms. The van der Waals surface area contributed by atoms with Crippen LogP contribution in [-0.2, 0) is 6.42 Å². The second-order valence-corrected chi connectivity index (χ2v) is 7.99. The van der Waals surface area contributed by atoms with E-state index < -0.39 is 5.97 Å². The Balaban J connectivity index is 1.40. The molecule has 23 heavy (non-hydrogen) atoms. The monoisotopic (exact) mass is 313 g/mol. The average molecular weight is 313 g/mol. The molecule has 0 aliphatic heterocycles. The Labute approximate surface area is 138 Å². The summed E-state index contributed by atoms with van der Waals surface area (Å²) in [7, 11) is 0. The first-order chi connectivity index (χ1) is 11.2. The van der Waals surface area contributed by atoms with Crippen molar-refractivity contribution in [2.75, 3.05) is 6.54 Å². The van der Waals surface area contributed by atoms with Crippen molar-refractivity contribution in [2.24, 2.45) is 5.41 Å². The summed E-state index contributed by atoms with van der Waals surface area (Å²) in [6.07, 6.45) is 11.9. The van der Waals surface area contributed by atoms with Gasteiger partial charge >= 0.3 is 5.97 Å². The van der Waals surface area contributed by atoms with E-state index in [1.54, 1.807) is 6.07 Å². The molecule has 2 saturated carbocycles. The fraction of sp³-hybridized carbons (Fsp3) is 0.650. The number of hydrogen-bond donors (Lipinski definition) is 2. The molecule has 2 fully saturated rings. The van der Waals surface area contributed by atoms with Crippen molar-refractivity contribution in [1.82, 2.24) is 5.32 Å². The van der Waals surface area contributed by atoms with Gasteiger partial charge in [-0.2, -0.15) is 0 Å². The Hall–Kier alpha value is -1.35. The number of fused-ring (bicyclic) bond motifs is 1. The predicted octanol–water partition coefficient (Wildman–Crippen LogP) is 4.12. The zero-order chi connectivity index (χ0) is 15.9. The van der Waals surface area contributed by atoms with Crippen molar-refractivity contribution < 1.29 is 9.90 Å². The number of benzene rings is 1. The topological polar surface area (TPSA) is 49.3 Å². The van der Waals surface area contributed by atoms with Crippen LogP contribution in [0, 0.1) is 5.41 Å². The lowest BCUT2D eigenvalue weighted by Crippen LogP contribution is -2.37. The van der Waals surface area contributed by atoms with E-state index in [9.17, 15) is 9.90 Å². The lowest BCUT2D eigenvalue weighted by atomic mass is 9.80. The molecule has 0 amide bonds. The third kappa shape index (κ3) is 3.16. The molecule has 0 heterocycles. The molecule has 2 N–H and O–H groups in total. The molecule has 3 nitrogen and oxygen atoms in total. The number of aromatic carboxylic acids is 1. The van der Waals surface area contributed by atoms with E-state index >= 15 is 0 Å². The van der Waals surface area contributed by atoms with Crippen molar-refractivity contribution in [1.29, 1.82) is 0 Å². The minimum atomic E-state index is -0.813. The van der Waals surface area contributed by atoms with Gasteiger partial charge in [-0.25, -0.2) is 4.79 Å². The van der Waals surface area contributed by atoms with E-state index in [2.05, 4.69) is 5.32 Å². The highest BCUT2D eigenvalue weighted by molar-refractivity contribution is 5.88. The van der Waals surface area contributed by atoms with Crippen LogP contribution in [0.5, 0.6) is 0 Å². The summed E-state index contributed by atoms with van der Waals surface area (Å²) < 4.78 is 0. The van der Waals surface area contributed by atoms with E-state index in [4.69, 9.17) is 0 Å². The first kappa shape index (κ1) is 15.2. The maximum absolute atomic E-state index is 11.2. The smallest absolute Gasteiger partial charge is 0.335 e. The minimum absolute atomic E-state index is 0.434. The molecule has 1 atom stereocenters. The van der Waals surface area contributed by atoms with Gasteiger partial charge < -0.3 is 10.4 Å². The standard InChI is InChI=1S/C20H27NO2/c22-19(23)15-5-4-14-2-1-3-16(18(14)12-15)13-21-17-6-8-20(9-7-17)10-11-20/h4-5,12,16-17,21H,1-3,6-11,13H2,(H,22,23).